The van der Waals surface area contributed by atoms with Crippen LogP contribution in [0, 0.1) is 0 Å². The predicted octanol–water partition coefficient (Wildman–Crippen LogP) is 2.96. The molecule has 0 radical (unpaired) electrons. The number of amides is 2. The van der Waals surface area contributed by atoms with Gasteiger partial charge in [-0.2, -0.15) is 0 Å². The third-order valence-corrected chi connectivity index (χ3v) is 3.47. The number of carbonyl (C=O) groups is 2. The first-order valence-electron chi connectivity index (χ1n) is 7.29. The molecule has 0 spiro atoms. The number of hydrogen-bond acceptors (Lipinski definition) is 5. The summed E-state index contributed by atoms with van der Waals surface area (Å²) in [7, 11) is 0. The van der Waals surface area contributed by atoms with Crippen LogP contribution in [-0.4, -0.2) is 32.5 Å². The third-order valence-electron chi connectivity index (χ3n) is 3.47. The smallest absolute Gasteiger partial charge is 0.418 e. The lowest BCUT2D eigenvalue weighted by atomic mass is 10.0. The van der Waals surface area contributed by atoms with Crippen LogP contribution in [0.2, 0.25) is 0 Å². The number of pyridine rings is 2. The van der Waals surface area contributed by atoms with Gasteiger partial charge in [-0.1, -0.05) is 0 Å². The fraction of sp³-hybridized carbons (Fsp3) is 0.294. The summed E-state index contributed by atoms with van der Waals surface area (Å²) in [5.41, 5.74) is 1.26. The molecule has 3 heterocycles. The summed E-state index contributed by atoms with van der Waals surface area (Å²) in [5, 5.41) is 0. The topological polar surface area (TPSA) is 72.4 Å². The lowest BCUT2D eigenvalue weighted by molar-refractivity contribution is 0.0215. The lowest BCUT2D eigenvalue weighted by Gasteiger charge is -2.27. The molecule has 3 rings (SSSR count). The van der Waals surface area contributed by atoms with Crippen LogP contribution in [0.5, 0.6) is 0 Å². The van der Waals surface area contributed by atoms with Crippen molar-refractivity contribution in [2.75, 3.05) is 0 Å². The van der Waals surface area contributed by atoms with Crippen LogP contribution in [0.25, 0.3) is 0 Å². The number of ether oxygens (including phenoxy) is 1. The quantitative estimate of drug-likeness (QED) is 0.809. The minimum atomic E-state index is -0.687. The maximum Gasteiger partial charge on any atom is 0.418 e. The Balaban J connectivity index is 2.07. The van der Waals surface area contributed by atoms with E-state index in [1.807, 2.05) is 0 Å². The first-order chi connectivity index (χ1) is 10.9. The van der Waals surface area contributed by atoms with Crippen molar-refractivity contribution >= 4 is 12.0 Å². The number of aromatic nitrogens is 2. The molecular weight excluding hydrogens is 294 g/mol. The molecule has 6 nitrogen and oxygen atoms in total. The predicted molar refractivity (Wildman–Crippen MR) is 82.7 cm³/mol. The van der Waals surface area contributed by atoms with Gasteiger partial charge in [-0.3, -0.25) is 14.8 Å². The molecule has 1 aliphatic heterocycles. The van der Waals surface area contributed by atoms with E-state index in [0.29, 0.717) is 5.56 Å². The molecule has 2 aromatic rings. The van der Waals surface area contributed by atoms with Gasteiger partial charge in [0.05, 0.1) is 11.6 Å². The number of fused-ring (bicyclic) bond motifs is 1. The minimum absolute atomic E-state index is 0.399. The van der Waals surface area contributed by atoms with Gasteiger partial charge < -0.3 is 4.74 Å². The van der Waals surface area contributed by atoms with Gasteiger partial charge in [-0.25, -0.2) is 9.69 Å². The Labute approximate surface area is 134 Å². The Kier molecular flexibility index (Phi) is 3.60. The second kappa shape index (κ2) is 5.46. The summed E-state index contributed by atoms with van der Waals surface area (Å²) in [6.45, 7) is 5.30. The van der Waals surface area contributed by atoms with Gasteiger partial charge in [-0.15, -0.1) is 0 Å². The van der Waals surface area contributed by atoms with Crippen molar-refractivity contribution in [3.8, 4) is 0 Å². The average molecular weight is 311 g/mol. The van der Waals surface area contributed by atoms with Crippen LogP contribution in [0.4, 0.5) is 4.79 Å². The zero-order chi connectivity index (χ0) is 16.6. The number of imide groups is 1. The monoisotopic (exact) mass is 311 g/mol. The van der Waals surface area contributed by atoms with Crippen molar-refractivity contribution in [3.63, 3.8) is 0 Å². The highest BCUT2D eigenvalue weighted by Crippen LogP contribution is 2.38. The Morgan fingerprint density at radius 3 is 2.43 bits per heavy atom. The highest BCUT2D eigenvalue weighted by atomic mass is 16.6. The molecule has 1 atom stereocenters. The zero-order valence-electron chi connectivity index (χ0n) is 13.2. The standard InChI is InChI=1S/C17H17N3O3/c1-17(2,3)23-16(22)20-14(11-4-7-18-8-5-11)12-6-9-19-10-13(12)15(20)21/h4-10,14H,1-3H3. The molecule has 0 aromatic carbocycles. The van der Waals surface area contributed by atoms with Gasteiger partial charge in [0.25, 0.3) is 5.91 Å². The van der Waals surface area contributed by atoms with Crippen LogP contribution in [0.15, 0.2) is 43.0 Å². The molecule has 1 aliphatic rings. The molecule has 0 fully saturated rings. The Morgan fingerprint density at radius 1 is 1.13 bits per heavy atom. The van der Waals surface area contributed by atoms with Crippen molar-refractivity contribution < 1.29 is 14.3 Å². The summed E-state index contributed by atoms with van der Waals surface area (Å²) in [6, 6.07) is 4.79. The maximum atomic E-state index is 12.7. The number of nitrogens with zero attached hydrogens (tertiary/aromatic N) is 3. The molecule has 0 saturated carbocycles. The second-order valence-corrected chi connectivity index (χ2v) is 6.30. The molecule has 0 saturated heterocycles. The summed E-state index contributed by atoms with van der Waals surface area (Å²) >= 11 is 0. The molecule has 2 amide bonds. The van der Waals surface area contributed by atoms with Crippen LogP contribution in [0.3, 0.4) is 0 Å². The fourth-order valence-corrected chi connectivity index (χ4v) is 2.58. The third kappa shape index (κ3) is 2.79. The zero-order valence-corrected chi connectivity index (χ0v) is 13.2. The molecule has 6 heteroatoms. The largest absolute Gasteiger partial charge is 0.443 e. The van der Waals surface area contributed by atoms with Crippen molar-refractivity contribution in [3.05, 3.63) is 59.7 Å². The van der Waals surface area contributed by atoms with E-state index in [1.165, 1.54) is 6.20 Å². The first-order valence-corrected chi connectivity index (χ1v) is 7.29. The van der Waals surface area contributed by atoms with E-state index < -0.39 is 23.6 Å². The van der Waals surface area contributed by atoms with Crippen LogP contribution in [0.1, 0.15) is 48.3 Å². The summed E-state index contributed by atoms with van der Waals surface area (Å²) in [4.78, 5) is 34.4. The first kappa shape index (κ1) is 15.1. The highest BCUT2D eigenvalue weighted by molar-refractivity contribution is 6.07. The molecule has 2 aromatic heterocycles. The van der Waals surface area contributed by atoms with Crippen molar-refractivity contribution in [1.29, 1.82) is 0 Å². The average Bonchev–Trinajstić information content (AvgIpc) is 2.80. The summed E-state index contributed by atoms with van der Waals surface area (Å²) < 4.78 is 5.41. The Bertz CT molecular complexity index is 753. The Hall–Kier alpha value is -2.76. The lowest BCUT2D eigenvalue weighted by Crippen LogP contribution is -2.39. The van der Waals surface area contributed by atoms with Crippen molar-refractivity contribution in [1.82, 2.24) is 14.9 Å². The Morgan fingerprint density at radius 2 is 1.78 bits per heavy atom. The van der Waals surface area contributed by atoms with Gasteiger partial charge in [-0.05, 0) is 50.1 Å². The summed E-state index contributed by atoms with van der Waals surface area (Å²) in [6.07, 6.45) is 5.69. The van der Waals surface area contributed by atoms with E-state index in [1.54, 1.807) is 57.6 Å². The van der Waals surface area contributed by atoms with E-state index in [-0.39, 0.29) is 0 Å². The molecular formula is C17H17N3O3. The number of hydrogen-bond donors (Lipinski definition) is 0. The summed E-state index contributed by atoms with van der Waals surface area (Å²) in [5.74, 6) is -0.399. The van der Waals surface area contributed by atoms with Crippen LogP contribution in [-0.2, 0) is 4.74 Å². The normalized spacial score (nSPS) is 17.1. The van der Waals surface area contributed by atoms with E-state index in [0.717, 1.165) is 16.0 Å². The van der Waals surface area contributed by atoms with Crippen LogP contribution >= 0.6 is 0 Å². The van der Waals surface area contributed by atoms with E-state index in [4.69, 9.17) is 4.74 Å². The van der Waals surface area contributed by atoms with E-state index in [9.17, 15) is 9.59 Å². The number of carbonyl (C=O) groups excluding carboxylic acids is 2. The molecule has 0 bridgehead atoms. The van der Waals surface area contributed by atoms with Gasteiger partial charge in [0.1, 0.15) is 5.60 Å². The second-order valence-electron chi connectivity index (χ2n) is 6.30. The van der Waals surface area contributed by atoms with E-state index >= 15 is 0 Å². The molecule has 0 aliphatic carbocycles. The maximum absolute atomic E-state index is 12.7. The van der Waals surface area contributed by atoms with Gasteiger partial charge in [0.15, 0.2) is 0 Å². The van der Waals surface area contributed by atoms with Gasteiger partial charge in [0.2, 0.25) is 0 Å². The van der Waals surface area contributed by atoms with Gasteiger partial charge >= 0.3 is 6.09 Å². The van der Waals surface area contributed by atoms with Crippen molar-refractivity contribution in [2.45, 2.75) is 32.4 Å². The SMILES string of the molecule is CC(C)(C)OC(=O)N1C(=O)c2cnccc2C1c1ccncc1. The minimum Gasteiger partial charge on any atom is -0.443 e. The molecule has 0 N–H and O–H groups in total. The van der Waals surface area contributed by atoms with Gasteiger partial charge in [0, 0.05) is 24.8 Å². The molecule has 23 heavy (non-hydrogen) atoms. The fourth-order valence-electron chi connectivity index (χ4n) is 2.58. The van der Waals surface area contributed by atoms with E-state index in [2.05, 4.69) is 9.97 Å². The van der Waals surface area contributed by atoms with Crippen LogP contribution < -0.4 is 0 Å². The molecule has 1 unspecified atom stereocenters. The van der Waals surface area contributed by atoms with Crippen molar-refractivity contribution in [2.24, 2.45) is 0 Å². The highest BCUT2D eigenvalue weighted by Gasteiger charge is 2.43. The number of rotatable bonds is 1. The molecule has 118 valence electrons.